The second-order valence-electron chi connectivity index (χ2n) is 7.25. The molecule has 8 heteroatoms. The summed E-state index contributed by atoms with van der Waals surface area (Å²) >= 11 is 0. The fourth-order valence-corrected chi connectivity index (χ4v) is 3.34. The molecule has 6 N–H and O–H groups in total. The van der Waals surface area contributed by atoms with Crippen molar-refractivity contribution in [1.29, 1.82) is 0 Å². The fraction of sp³-hybridized carbons (Fsp3) is 0.316. The summed E-state index contributed by atoms with van der Waals surface area (Å²) in [5.74, 6) is 1.20. The number of nitrogens with two attached hydrogens (primary N) is 1. The van der Waals surface area contributed by atoms with Crippen molar-refractivity contribution in [3.05, 3.63) is 59.8 Å². The fourth-order valence-electron chi connectivity index (χ4n) is 3.34. The Morgan fingerprint density at radius 1 is 1.30 bits per heavy atom. The Bertz CT molecular complexity index is 1040. The lowest BCUT2D eigenvalue weighted by Crippen LogP contribution is -2.57. The zero-order valence-corrected chi connectivity index (χ0v) is 15.0. The third-order valence-corrected chi connectivity index (χ3v) is 5.11. The number of aliphatic imine (C=N–C) groups is 1. The maximum absolute atomic E-state index is 6.56. The first kappa shape index (κ1) is 16.1. The first-order chi connectivity index (χ1) is 13.1. The van der Waals surface area contributed by atoms with Crippen LogP contribution in [0.15, 0.2) is 47.7 Å². The summed E-state index contributed by atoms with van der Waals surface area (Å²) in [6, 6.07) is 7.88. The van der Waals surface area contributed by atoms with Crippen LogP contribution >= 0.6 is 0 Å². The average Bonchev–Trinajstić information content (AvgIpc) is 3.19. The zero-order chi connectivity index (χ0) is 18.4. The van der Waals surface area contributed by atoms with E-state index in [1.165, 1.54) is 12.8 Å². The molecule has 0 spiro atoms. The molecule has 1 aliphatic heterocycles. The number of rotatable bonds is 4. The molecular weight excluding hydrogens is 340 g/mol. The molecule has 0 radical (unpaired) electrons. The third kappa shape index (κ3) is 2.97. The molecule has 27 heavy (non-hydrogen) atoms. The Hall–Kier alpha value is -3.13. The molecule has 4 heterocycles. The van der Waals surface area contributed by atoms with Crippen molar-refractivity contribution >= 4 is 17.0 Å². The number of guanidine groups is 1. The van der Waals surface area contributed by atoms with Gasteiger partial charge in [0.15, 0.2) is 11.6 Å². The number of aromatic nitrogens is 4. The predicted octanol–water partition coefficient (Wildman–Crippen LogP) is 2.10. The summed E-state index contributed by atoms with van der Waals surface area (Å²) in [7, 11) is 0. The van der Waals surface area contributed by atoms with Crippen molar-refractivity contribution in [2.45, 2.75) is 37.4 Å². The van der Waals surface area contributed by atoms with Gasteiger partial charge in [0.1, 0.15) is 5.69 Å². The van der Waals surface area contributed by atoms with E-state index in [1.807, 2.05) is 43.5 Å². The van der Waals surface area contributed by atoms with Crippen molar-refractivity contribution in [2.24, 2.45) is 10.7 Å². The maximum Gasteiger partial charge on any atom is 0.197 e. The van der Waals surface area contributed by atoms with Crippen LogP contribution in [0.1, 0.15) is 48.8 Å². The van der Waals surface area contributed by atoms with Crippen LogP contribution in [0.4, 0.5) is 0 Å². The second-order valence-corrected chi connectivity index (χ2v) is 7.25. The van der Waals surface area contributed by atoms with Crippen LogP contribution < -0.4 is 16.4 Å². The lowest BCUT2D eigenvalue weighted by Gasteiger charge is -2.31. The van der Waals surface area contributed by atoms with E-state index in [-0.39, 0.29) is 6.04 Å². The predicted molar refractivity (Wildman–Crippen MR) is 104 cm³/mol. The van der Waals surface area contributed by atoms with E-state index in [0.29, 0.717) is 11.9 Å². The smallest absolute Gasteiger partial charge is 0.197 e. The van der Waals surface area contributed by atoms with Crippen LogP contribution in [0.5, 0.6) is 0 Å². The first-order valence-corrected chi connectivity index (χ1v) is 9.20. The monoisotopic (exact) mass is 362 g/mol. The molecule has 0 saturated heterocycles. The summed E-state index contributed by atoms with van der Waals surface area (Å²) in [5, 5.41) is 13.9. The van der Waals surface area contributed by atoms with E-state index in [4.69, 9.17) is 10.7 Å². The van der Waals surface area contributed by atoms with E-state index in [1.54, 1.807) is 6.20 Å². The van der Waals surface area contributed by atoms with Crippen molar-refractivity contribution in [1.82, 2.24) is 30.8 Å². The Balaban J connectivity index is 1.38. The van der Waals surface area contributed by atoms with Crippen molar-refractivity contribution in [3.8, 4) is 0 Å². The Kier molecular flexibility index (Phi) is 3.54. The minimum absolute atomic E-state index is 0.128. The molecule has 138 valence electrons. The lowest BCUT2D eigenvalue weighted by atomic mass is 10.1. The van der Waals surface area contributed by atoms with Gasteiger partial charge >= 0.3 is 0 Å². The first-order valence-electron chi connectivity index (χ1n) is 9.20. The summed E-state index contributed by atoms with van der Waals surface area (Å²) in [5.41, 5.74) is 10.4. The van der Waals surface area contributed by atoms with E-state index in [9.17, 15) is 0 Å². The molecule has 5 rings (SSSR count). The van der Waals surface area contributed by atoms with E-state index < -0.39 is 5.66 Å². The highest BCUT2D eigenvalue weighted by Gasteiger charge is 2.33. The summed E-state index contributed by atoms with van der Waals surface area (Å²) in [4.78, 5) is 12.5. The van der Waals surface area contributed by atoms with Gasteiger partial charge in [-0.05, 0) is 50.1 Å². The molecular formula is C19H22N8. The quantitative estimate of drug-likeness (QED) is 0.487. The number of nitrogens with one attached hydrogen (secondary N) is 4. The molecule has 3 aromatic rings. The molecule has 0 bridgehead atoms. The van der Waals surface area contributed by atoms with Crippen LogP contribution in [0.25, 0.3) is 11.0 Å². The number of aromatic amines is 2. The topological polar surface area (TPSA) is 120 Å². The molecule has 1 fully saturated rings. The lowest BCUT2D eigenvalue weighted by molar-refractivity contribution is 0.482. The minimum Gasteiger partial charge on any atom is -0.360 e. The largest absolute Gasteiger partial charge is 0.360 e. The Morgan fingerprint density at radius 2 is 2.19 bits per heavy atom. The van der Waals surface area contributed by atoms with Gasteiger partial charge < -0.3 is 21.4 Å². The number of pyridine rings is 1. The number of nitrogens with zero attached hydrogens (tertiary/aromatic N) is 3. The molecule has 1 aliphatic carbocycles. The van der Waals surface area contributed by atoms with E-state index in [2.05, 4.69) is 30.8 Å². The van der Waals surface area contributed by atoms with Crippen molar-refractivity contribution in [3.63, 3.8) is 0 Å². The maximum atomic E-state index is 6.56. The van der Waals surface area contributed by atoms with Gasteiger partial charge in [-0.3, -0.25) is 5.10 Å². The average molecular weight is 362 g/mol. The molecule has 2 aliphatic rings. The van der Waals surface area contributed by atoms with Crippen LogP contribution in [-0.2, 0) is 5.66 Å². The normalized spacial score (nSPS) is 24.7. The summed E-state index contributed by atoms with van der Waals surface area (Å²) in [6.07, 6.45) is 7.97. The van der Waals surface area contributed by atoms with Gasteiger partial charge in [-0.25, -0.2) is 9.98 Å². The number of H-pyrrole nitrogens is 2. The van der Waals surface area contributed by atoms with Gasteiger partial charge in [-0.2, -0.15) is 5.10 Å². The minimum atomic E-state index is -0.897. The van der Waals surface area contributed by atoms with Gasteiger partial charge in [0.05, 0.1) is 22.8 Å². The Morgan fingerprint density at radius 3 is 3.04 bits per heavy atom. The highest BCUT2D eigenvalue weighted by atomic mass is 15.3. The number of hydrogen-bond donors (Lipinski definition) is 5. The van der Waals surface area contributed by atoms with Crippen LogP contribution in [-0.4, -0.2) is 26.1 Å². The van der Waals surface area contributed by atoms with E-state index >= 15 is 0 Å². The standard InChI is InChI=1S/C19H22N8/c1-11(13-4-5-14-15(24-13)6-8-21-14)23-18-22-9-7-19(20,25-18)17-10-16(26-27-17)12-2-3-12/h4-12,21H,2-3,20H2,1H3,(H,26,27)(H2,22,23,25)/t11-,19?/m0/s1. The summed E-state index contributed by atoms with van der Waals surface area (Å²) in [6.45, 7) is 2.01. The van der Waals surface area contributed by atoms with Gasteiger partial charge in [0, 0.05) is 24.0 Å². The molecule has 2 atom stereocenters. The molecule has 8 nitrogen and oxygen atoms in total. The molecule has 3 aromatic heterocycles. The second kappa shape index (κ2) is 5.95. The highest BCUT2D eigenvalue weighted by Crippen LogP contribution is 2.39. The van der Waals surface area contributed by atoms with Crippen LogP contribution in [0.2, 0.25) is 0 Å². The molecule has 1 saturated carbocycles. The Labute approximate surface area is 156 Å². The van der Waals surface area contributed by atoms with Crippen molar-refractivity contribution in [2.75, 3.05) is 0 Å². The highest BCUT2D eigenvalue weighted by molar-refractivity contribution is 5.83. The van der Waals surface area contributed by atoms with Gasteiger partial charge in [0.2, 0.25) is 0 Å². The van der Waals surface area contributed by atoms with Gasteiger partial charge in [-0.15, -0.1) is 0 Å². The molecule has 0 aromatic carbocycles. The summed E-state index contributed by atoms with van der Waals surface area (Å²) < 4.78 is 0. The molecule has 0 amide bonds. The molecule has 1 unspecified atom stereocenters. The SMILES string of the molecule is C[C@H](N=C1NC=CC(N)(c2cc(C3CC3)[nH]n2)N1)c1ccc2[nH]ccc2n1. The van der Waals surface area contributed by atoms with Gasteiger partial charge in [0.25, 0.3) is 0 Å². The van der Waals surface area contributed by atoms with Gasteiger partial charge in [-0.1, -0.05) is 0 Å². The number of fused-ring (bicyclic) bond motifs is 1. The van der Waals surface area contributed by atoms with E-state index in [0.717, 1.165) is 28.1 Å². The van der Waals surface area contributed by atoms with Crippen molar-refractivity contribution < 1.29 is 0 Å². The van der Waals surface area contributed by atoms with Crippen LogP contribution in [0, 0.1) is 0 Å². The zero-order valence-electron chi connectivity index (χ0n) is 15.0. The third-order valence-electron chi connectivity index (χ3n) is 5.11. The number of hydrogen-bond acceptors (Lipinski definition) is 4. The van der Waals surface area contributed by atoms with Crippen LogP contribution in [0.3, 0.4) is 0 Å².